The van der Waals surface area contributed by atoms with Gasteiger partial charge in [0.2, 0.25) is 0 Å². The normalized spacial score (nSPS) is 11.1. The Hall–Kier alpha value is -1.38. The molecule has 0 unspecified atom stereocenters. The lowest BCUT2D eigenvalue weighted by Gasteiger charge is -2.03. The van der Waals surface area contributed by atoms with Gasteiger partial charge in [0, 0.05) is 7.05 Å². The Morgan fingerprint density at radius 1 is 1.38 bits per heavy atom. The summed E-state index contributed by atoms with van der Waals surface area (Å²) in [5.74, 6) is -0.150. The van der Waals surface area contributed by atoms with Crippen LogP contribution in [0.4, 0.5) is 4.39 Å². The number of benzene rings is 1. The van der Waals surface area contributed by atoms with E-state index in [4.69, 9.17) is 0 Å². The van der Waals surface area contributed by atoms with E-state index in [1.165, 1.54) is 0 Å². The summed E-state index contributed by atoms with van der Waals surface area (Å²) in [7, 11) is 1.82. The highest BCUT2D eigenvalue weighted by Crippen LogP contribution is 2.22. The first-order valence-corrected chi connectivity index (χ1v) is 4.18. The quantitative estimate of drug-likeness (QED) is 0.605. The molecule has 0 amide bonds. The maximum Gasteiger partial charge on any atom is 0.137 e. The zero-order chi connectivity index (χ0) is 9.59. The van der Waals surface area contributed by atoms with Gasteiger partial charge < -0.3 is 0 Å². The van der Waals surface area contributed by atoms with Gasteiger partial charge in [0.1, 0.15) is 5.82 Å². The molecule has 1 aromatic heterocycles. The molecule has 0 radical (unpaired) electrons. The Balaban J connectivity index is 2.96. The van der Waals surface area contributed by atoms with Crippen molar-refractivity contribution in [2.24, 2.45) is 7.05 Å². The Labute approximate surface area is 76.0 Å². The molecule has 68 valence electrons. The molecule has 0 aliphatic carbocycles. The molecule has 0 saturated carbocycles. The first kappa shape index (κ1) is 8.23. The van der Waals surface area contributed by atoms with E-state index < -0.39 is 0 Å². The van der Waals surface area contributed by atoms with Crippen LogP contribution in [-0.2, 0) is 7.05 Å². The fraction of sp³-hybridized carbons (Fsp3) is 0.300. The summed E-state index contributed by atoms with van der Waals surface area (Å²) in [4.78, 5) is 0. The monoisotopic (exact) mass is 178 g/mol. The SMILES string of the molecule is Cc1cc2c(cnn2C)c(F)c1C. The average molecular weight is 178 g/mol. The standard InChI is InChI=1S/C10H11FN2/c1-6-4-9-8(5-12-13(9)3)10(11)7(6)2/h4-5H,1-3H3. The zero-order valence-corrected chi connectivity index (χ0v) is 7.93. The van der Waals surface area contributed by atoms with Crippen molar-refractivity contribution < 1.29 is 4.39 Å². The number of aryl methyl sites for hydroxylation is 2. The van der Waals surface area contributed by atoms with E-state index in [1.807, 2.05) is 20.0 Å². The second kappa shape index (κ2) is 2.55. The number of aromatic nitrogens is 2. The van der Waals surface area contributed by atoms with Crippen LogP contribution in [0.3, 0.4) is 0 Å². The molecule has 2 rings (SSSR count). The van der Waals surface area contributed by atoms with Crippen LogP contribution in [0.25, 0.3) is 10.9 Å². The molecule has 0 bridgehead atoms. The molecule has 0 fully saturated rings. The highest BCUT2D eigenvalue weighted by Gasteiger charge is 2.09. The predicted octanol–water partition coefficient (Wildman–Crippen LogP) is 2.33. The van der Waals surface area contributed by atoms with E-state index in [-0.39, 0.29) is 5.82 Å². The molecule has 0 aliphatic heterocycles. The summed E-state index contributed by atoms with van der Waals surface area (Å²) in [6.07, 6.45) is 1.57. The molecule has 3 heteroatoms. The second-order valence-electron chi connectivity index (χ2n) is 3.33. The number of hydrogen-bond acceptors (Lipinski definition) is 1. The minimum atomic E-state index is -0.150. The third-order valence-corrected chi connectivity index (χ3v) is 2.50. The maximum atomic E-state index is 13.6. The number of nitrogens with zero attached hydrogens (tertiary/aromatic N) is 2. The van der Waals surface area contributed by atoms with E-state index in [1.54, 1.807) is 17.8 Å². The van der Waals surface area contributed by atoms with E-state index in [0.717, 1.165) is 11.1 Å². The van der Waals surface area contributed by atoms with Crippen LogP contribution in [-0.4, -0.2) is 9.78 Å². The number of rotatable bonds is 0. The Bertz CT molecular complexity index is 471. The van der Waals surface area contributed by atoms with Crippen molar-refractivity contribution >= 4 is 10.9 Å². The van der Waals surface area contributed by atoms with Gasteiger partial charge in [-0.3, -0.25) is 4.68 Å². The topological polar surface area (TPSA) is 17.8 Å². The van der Waals surface area contributed by atoms with E-state index in [0.29, 0.717) is 10.9 Å². The molecule has 0 saturated heterocycles. The summed E-state index contributed by atoms with van der Waals surface area (Å²) in [5, 5.41) is 4.62. The Kier molecular flexibility index (Phi) is 1.62. The largest absolute Gasteiger partial charge is 0.268 e. The number of halogens is 1. The van der Waals surface area contributed by atoms with Gasteiger partial charge in [0.05, 0.1) is 17.1 Å². The van der Waals surface area contributed by atoms with E-state index >= 15 is 0 Å². The van der Waals surface area contributed by atoms with Crippen LogP contribution in [0.1, 0.15) is 11.1 Å². The highest BCUT2D eigenvalue weighted by molar-refractivity contribution is 5.81. The van der Waals surface area contributed by atoms with Crippen LogP contribution in [0.2, 0.25) is 0 Å². The fourth-order valence-corrected chi connectivity index (χ4v) is 1.48. The lowest BCUT2D eigenvalue weighted by molar-refractivity contribution is 0.629. The lowest BCUT2D eigenvalue weighted by Crippen LogP contribution is -1.92. The second-order valence-corrected chi connectivity index (χ2v) is 3.33. The van der Waals surface area contributed by atoms with E-state index in [9.17, 15) is 4.39 Å². The van der Waals surface area contributed by atoms with Gasteiger partial charge in [0.15, 0.2) is 0 Å². The smallest absolute Gasteiger partial charge is 0.137 e. The molecule has 13 heavy (non-hydrogen) atoms. The molecule has 0 spiro atoms. The first-order valence-electron chi connectivity index (χ1n) is 4.18. The number of fused-ring (bicyclic) bond motifs is 1. The molecule has 1 aromatic carbocycles. The summed E-state index contributed by atoms with van der Waals surface area (Å²) in [6, 6.07) is 1.96. The van der Waals surface area contributed by atoms with Crippen LogP contribution in [0, 0.1) is 19.7 Å². The molecule has 0 N–H and O–H groups in total. The number of hydrogen-bond donors (Lipinski definition) is 0. The third-order valence-electron chi connectivity index (χ3n) is 2.50. The van der Waals surface area contributed by atoms with Gasteiger partial charge in [-0.1, -0.05) is 0 Å². The highest BCUT2D eigenvalue weighted by atomic mass is 19.1. The fourth-order valence-electron chi connectivity index (χ4n) is 1.48. The van der Waals surface area contributed by atoms with Crippen molar-refractivity contribution in [1.82, 2.24) is 9.78 Å². The van der Waals surface area contributed by atoms with Crippen LogP contribution in [0.15, 0.2) is 12.3 Å². The molecule has 2 aromatic rings. The summed E-state index contributed by atoms with van der Waals surface area (Å²) in [6.45, 7) is 3.70. The van der Waals surface area contributed by atoms with Gasteiger partial charge in [-0.05, 0) is 31.0 Å². The lowest BCUT2D eigenvalue weighted by atomic mass is 10.1. The summed E-state index contributed by atoms with van der Waals surface area (Å²) >= 11 is 0. The van der Waals surface area contributed by atoms with Crippen molar-refractivity contribution in [1.29, 1.82) is 0 Å². The van der Waals surface area contributed by atoms with Crippen molar-refractivity contribution in [3.05, 3.63) is 29.2 Å². The third kappa shape index (κ3) is 1.03. The van der Waals surface area contributed by atoms with E-state index in [2.05, 4.69) is 5.10 Å². The van der Waals surface area contributed by atoms with Crippen LogP contribution < -0.4 is 0 Å². The molecular formula is C10H11FN2. The Morgan fingerprint density at radius 3 is 2.77 bits per heavy atom. The van der Waals surface area contributed by atoms with Gasteiger partial charge in [-0.25, -0.2) is 4.39 Å². The first-order chi connectivity index (χ1) is 6.11. The average Bonchev–Trinajstić information content (AvgIpc) is 2.45. The van der Waals surface area contributed by atoms with Gasteiger partial charge >= 0.3 is 0 Å². The van der Waals surface area contributed by atoms with Gasteiger partial charge in [-0.2, -0.15) is 5.10 Å². The molecular weight excluding hydrogens is 167 g/mol. The van der Waals surface area contributed by atoms with Gasteiger partial charge in [-0.15, -0.1) is 0 Å². The Morgan fingerprint density at radius 2 is 2.08 bits per heavy atom. The zero-order valence-electron chi connectivity index (χ0n) is 7.93. The van der Waals surface area contributed by atoms with Crippen molar-refractivity contribution in [3.8, 4) is 0 Å². The maximum absolute atomic E-state index is 13.6. The summed E-state index contributed by atoms with van der Waals surface area (Å²) in [5.41, 5.74) is 2.52. The molecule has 2 nitrogen and oxygen atoms in total. The van der Waals surface area contributed by atoms with Crippen molar-refractivity contribution in [3.63, 3.8) is 0 Å². The van der Waals surface area contributed by atoms with Crippen LogP contribution >= 0.6 is 0 Å². The summed E-state index contributed by atoms with van der Waals surface area (Å²) < 4.78 is 15.3. The minimum Gasteiger partial charge on any atom is -0.268 e. The minimum absolute atomic E-state index is 0.150. The molecule has 1 heterocycles. The molecule has 0 atom stereocenters. The van der Waals surface area contributed by atoms with Gasteiger partial charge in [0.25, 0.3) is 0 Å². The van der Waals surface area contributed by atoms with Crippen molar-refractivity contribution in [2.75, 3.05) is 0 Å². The predicted molar refractivity (Wildman–Crippen MR) is 50.1 cm³/mol. The van der Waals surface area contributed by atoms with Crippen molar-refractivity contribution in [2.45, 2.75) is 13.8 Å². The van der Waals surface area contributed by atoms with Crippen LogP contribution in [0.5, 0.6) is 0 Å². The molecule has 0 aliphatic rings.